The van der Waals surface area contributed by atoms with Gasteiger partial charge in [0.05, 0.1) is 6.61 Å². The van der Waals surface area contributed by atoms with E-state index < -0.39 is 10.8 Å². The van der Waals surface area contributed by atoms with Crippen molar-refractivity contribution in [2.45, 2.75) is 76.0 Å². The highest BCUT2D eigenvalue weighted by Crippen LogP contribution is 2.15. The average Bonchev–Trinajstić information content (AvgIpc) is 2.53. The molecule has 22 heavy (non-hydrogen) atoms. The summed E-state index contributed by atoms with van der Waals surface area (Å²) < 4.78 is 17.0. The van der Waals surface area contributed by atoms with Crippen molar-refractivity contribution in [3.8, 4) is 5.75 Å². The Morgan fingerprint density at radius 2 is 1.32 bits per heavy atom. The molecule has 2 nitrogen and oxygen atoms in total. The van der Waals surface area contributed by atoms with Crippen LogP contribution in [0.25, 0.3) is 0 Å². The second-order valence-corrected chi connectivity index (χ2v) is 7.34. The molecule has 0 aliphatic rings. The highest BCUT2D eigenvalue weighted by molar-refractivity contribution is 7.84. The van der Waals surface area contributed by atoms with E-state index in [1.54, 1.807) is 6.26 Å². The SMILES string of the molecule is CCCCCCCCCCCCOc1ccc(S(C)=O)cc1. The lowest BCUT2D eigenvalue weighted by Crippen LogP contribution is -1.97. The molecule has 1 unspecified atom stereocenters. The number of ether oxygens (including phenoxy) is 1. The molecule has 0 N–H and O–H groups in total. The van der Waals surface area contributed by atoms with Crippen LogP contribution >= 0.6 is 0 Å². The lowest BCUT2D eigenvalue weighted by molar-refractivity contribution is 0.304. The van der Waals surface area contributed by atoms with Crippen molar-refractivity contribution in [2.24, 2.45) is 0 Å². The van der Waals surface area contributed by atoms with E-state index in [1.807, 2.05) is 24.3 Å². The summed E-state index contributed by atoms with van der Waals surface area (Å²) in [5.74, 6) is 0.880. The molecule has 0 aliphatic heterocycles. The third kappa shape index (κ3) is 9.24. The van der Waals surface area contributed by atoms with Crippen LogP contribution in [0.1, 0.15) is 71.1 Å². The maximum absolute atomic E-state index is 11.3. The van der Waals surface area contributed by atoms with Crippen molar-refractivity contribution >= 4 is 10.8 Å². The van der Waals surface area contributed by atoms with Gasteiger partial charge in [0, 0.05) is 22.0 Å². The second kappa shape index (κ2) is 12.7. The molecule has 1 atom stereocenters. The first-order valence-electron chi connectivity index (χ1n) is 8.80. The molecule has 0 aromatic heterocycles. The first-order valence-corrected chi connectivity index (χ1v) is 10.4. The van der Waals surface area contributed by atoms with Gasteiger partial charge in [0.25, 0.3) is 0 Å². The lowest BCUT2D eigenvalue weighted by atomic mass is 10.1. The van der Waals surface area contributed by atoms with Gasteiger partial charge in [-0.3, -0.25) is 4.21 Å². The van der Waals surface area contributed by atoms with E-state index in [2.05, 4.69) is 6.92 Å². The van der Waals surface area contributed by atoms with E-state index in [0.717, 1.165) is 23.7 Å². The standard InChI is InChI=1S/C19H32O2S/c1-3-4-5-6-7-8-9-10-11-12-17-21-18-13-15-19(16-14-18)22(2)20/h13-16H,3-12,17H2,1-2H3. The Hall–Kier alpha value is -0.830. The predicted molar refractivity (Wildman–Crippen MR) is 96.1 cm³/mol. The molecule has 0 amide bonds. The maximum atomic E-state index is 11.3. The zero-order valence-electron chi connectivity index (χ0n) is 14.3. The van der Waals surface area contributed by atoms with Crippen LogP contribution in [-0.4, -0.2) is 17.1 Å². The highest BCUT2D eigenvalue weighted by atomic mass is 32.2. The highest BCUT2D eigenvalue weighted by Gasteiger charge is 1.98. The van der Waals surface area contributed by atoms with E-state index in [0.29, 0.717) is 0 Å². The third-order valence-electron chi connectivity index (χ3n) is 3.92. The van der Waals surface area contributed by atoms with Gasteiger partial charge in [-0.15, -0.1) is 0 Å². The predicted octanol–water partition coefficient (Wildman–Crippen LogP) is 5.72. The third-order valence-corrected chi connectivity index (χ3v) is 4.86. The van der Waals surface area contributed by atoms with Crippen LogP contribution in [0.15, 0.2) is 29.2 Å². The summed E-state index contributed by atoms with van der Waals surface area (Å²) in [4.78, 5) is 0.853. The molecule has 126 valence electrons. The molecule has 0 saturated heterocycles. The molecule has 0 bridgehead atoms. The minimum atomic E-state index is -0.908. The van der Waals surface area contributed by atoms with Crippen molar-refractivity contribution in [2.75, 3.05) is 12.9 Å². The summed E-state index contributed by atoms with van der Waals surface area (Å²) in [5, 5.41) is 0. The molecule has 0 radical (unpaired) electrons. The van der Waals surface area contributed by atoms with Gasteiger partial charge in [0.2, 0.25) is 0 Å². The van der Waals surface area contributed by atoms with Crippen molar-refractivity contribution in [3.05, 3.63) is 24.3 Å². The van der Waals surface area contributed by atoms with Crippen LogP contribution in [0.3, 0.4) is 0 Å². The Kier molecular flexibility index (Phi) is 11.1. The number of hydrogen-bond acceptors (Lipinski definition) is 2. The Labute approximate surface area is 139 Å². The van der Waals surface area contributed by atoms with E-state index in [1.165, 1.54) is 57.8 Å². The van der Waals surface area contributed by atoms with Gasteiger partial charge < -0.3 is 4.74 Å². The first kappa shape index (κ1) is 19.2. The summed E-state index contributed by atoms with van der Waals surface area (Å²) in [7, 11) is -0.908. The van der Waals surface area contributed by atoms with Crippen LogP contribution in [0.4, 0.5) is 0 Å². The molecular formula is C19H32O2S. The molecule has 0 spiro atoms. The fourth-order valence-corrected chi connectivity index (χ4v) is 3.03. The molecule has 0 aliphatic carbocycles. The first-order chi connectivity index (χ1) is 10.7. The number of rotatable bonds is 13. The van der Waals surface area contributed by atoms with Crippen LogP contribution in [0, 0.1) is 0 Å². The number of hydrogen-bond donors (Lipinski definition) is 0. The van der Waals surface area contributed by atoms with Crippen LogP contribution in [-0.2, 0) is 10.8 Å². The topological polar surface area (TPSA) is 26.3 Å². The zero-order chi connectivity index (χ0) is 16.0. The van der Waals surface area contributed by atoms with Crippen molar-refractivity contribution in [3.63, 3.8) is 0 Å². The Morgan fingerprint density at radius 1 is 0.818 bits per heavy atom. The smallest absolute Gasteiger partial charge is 0.119 e. The van der Waals surface area contributed by atoms with Crippen molar-refractivity contribution in [1.29, 1.82) is 0 Å². The Balaban J connectivity index is 1.94. The monoisotopic (exact) mass is 324 g/mol. The van der Waals surface area contributed by atoms with E-state index in [-0.39, 0.29) is 0 Å². The molecule has 3 heteroatoms. The minimum Gasteiger partial charge on any atom is -0.494 e. The summed E-state index contributed by atoms with van der Waals surface area (Å²) in [5.41, 5.74) is 0. The summed E-state index contributed by atoms with van der Waals surface area (Å²) >= 11 is 0. The van der Waals surface area contributed by atoms with Crippen molar-refractivity contribution < 1.29 is 8.95 Å². The lowest BCUT2D eigenvalue weighted by Gasteiger charge is -2.06. The summed E-state index contributed by atoms with van der Waals surface area (Å²) in [6, 6.07) is 7.58. The molecule has 0 fully saturated rings. The van der Waals surface area contributed by atoms with Crippen LogP contribution < -0.4 is 4.74 Å². The minimum absolute atomic E-state index is 0.783. The molecule has 1 rings (SSSR count). The molecule has 1 aromatic rings. The molecule has 0 saturated carbocycles. The van der Waals surface area contributed by atoms with Gasteiger partial charge in [0.1, 0.15) is 5.75 Å². The molecular weight excluding hydrogens is 292 g/mol. The van der Waals surface area contributed by atoms with Gasteiger partial charge in [0.15, 0.2) is 0 Å². The fourth-order valence-electron chi connectivity index (χ4n) is 2.51. The average molecular weight is 325 g/mol. The zero-order valence-corrected chi connectivity index (χ0v) is 15.1. The summed E-state index contributed by atoms with van der Waals surface area (Å²) in [6.45, 7) is 3.05. The molecule has 0 heterocycles. The maximum Gasteiger partial charge on any atom is 0.119 e. The Morgan fingerprint density at radius 3 is 1.82 bits per heavy atom. The van der Waals surface area contributed by atoms with Gasteiger partial charge in [-0.1, -0.05) is 64.7 Å². The largest absolute Gasteiger partial charge is 0.494 e. The quantitative estimate of drug-likeness (QED) is 0.433. The number of unbranched alkanes of at least 4 members (excludes halogenated alkanes) is 9. The summed E-state index contributed by atoms with van der Waals surface area (Å²) in [6.07, 6.45) is 15.1. The fraction of sp³-hybridized carbons (Fsp3) is 0.684. The second-order valence-electron chi connectivity index (χ2n) is 5.96. The molecule has 1 aromatic carbocycles. The van der Waals surface area contributed by atoms with Crippen molar-refractivity contribution in [1.82, 2.24) is 0 Å². The normalized spacial score (nSPS) is 12.3. The van der Waals surface area contributed by atoms with E-state index in [4.69, 9.17) is 4.74 Å². The van der Waals surface area contributed by atoms with E-state index in [9.17, 15) is 4.21 Å². The van der Waals surface area contributed by atoms with Gasteiger partial charge >= 0.3 is 0 Å². The number of benzene rings is 1. The van der Waals surface area contributed by atoms with Gasteiger partial charge in [-0.2, -0.15) is 0 Å². The van der Waals surface area contributed by atoms with Gasteiger partial charge in [-0.05, 0) is 30.7 Å². The van der Waals surface area contributed by atoms with Crippen LogP contribution in [0.5, 0.6) is 5.75 Å². The van der Waals surface area contributed by atoms with Gasteiger partial charge in [-0.25, -0.2) is 0 Å². The van der Waals surface area contributed by atoms with E-state index >= 15 is 0 Å². The van der Waals surface area contributed by atoms with Crippen LogP contribution in [0.2, 0.25) is 0 Å². The Bertz CT molecular complexity index is 400.